The zero-order valence-corrected chi connectivity index (χ0v) is 14.9. The number of nitro groups is 1. The number of thiazole rings is 1. The first-order valence-corrected chi connectivity index (χ1v) is 9.04. The van der Waals surface area contributed by atoms with Crippen molar-refractivity contribution in [2.45, 2.75) is 32.4 Å². The number of nitro benzene ring substituents is 1. The predicted octanol–water partition coefficient (Wildman–Crippen LogP) is 3.03. The summed E-state index contributed by atoms with van der Waals surface area (Å²) in [6, 6.07) is 5.79. The van der Waals surface area contributed by atoms with Gasteiger partial charge in [0, 0.05) is 29.1 Å². The molecule has 26 heavy (non-hydrogen) atoms. The molecule has 1 aromatic carbocycles. The molecule has 9 heteroatoms. The summed E-state index contributed by atoms with van der Waals surface area (Å²) in [6.45, 7) is 2.25. The number of amides is 1. The number of benzene rings is 1. The van der Waals surface area contributed by atoms with Gasteiger partial charge in [0.25, 0.3) is 11.6 Å². The third kappa shape index (κ3) is 4.05. The van der Waals surface area contributed by atoms with E-state index in [9.17, 15) is 19.7 Å². The standard InChI is InChI=1S/C17H17N3O5S/c1-2-25-17(22)14-10-26-15(18-14)9-19(12-6-7-12)16(21)11-4-3-5-13(8-11)20(23)24/h3-5,8,10,12H,2,6-7,9H2,1H3. The van der Waals surface area contributed by atoms with E-state index in [-0.39, 0.29) is 42.0 Å². The molecule has 3 rings (SSSR count). The molecule has 1 aromatic heterocycles. The lowest BCUT2D eigenvalue weighted by atomic mass is 10.1. The van der Waals surface area contributed by atoms with E-state index in [2.05, 4.69) is 4.98 Å². The minimum absolute atomic E-state index is 0.0942. The maximum Gasteiger partial charge on any atom is 0.357 e. The van der Waals surface area contributed by atoms with Gasteiger partial charge in [-0.25, -0.2) is 9.78 Å². The first-order chi connectivity index (χ1) is 12.5. The highest BCUT2D eigenvalue weighted by Crippen LogP contribution is 2.31. The molecule has 0 N–H and O–H groups in total. The van der Waals surface area contributed by atoms with E-state index < -0.39 is 10.9 Å². The van der Waals surface area contributed by atoms with Crippen molar-refractivity contribution >= 4 is 28.9 Å². The van der Waals surface area contributed by atoms with Gasteiger partial charge in [0.1, 0.15) is 5.01 Å². The summed E-state index contributed by atoms with van der Waals surface area (Å²) >= 11 is 1.28. The van der Waals surface area contributed by atoms with Crippen molar-refractivity contribution in [1.82, 2.24) is 9.88 Å². The molecule has 8 nitrogen and oxygen atoms in total. The van der Waals surface area contributed by atoms with Gasteiger partial charge in [-0.05, 0) is 25.8 Å². The van der Waals surface area contributed by atoms with Crippen LogP contribution in [0.5, 0.6) is 0 Å². The Balaban J connectivity index is 1.78. The monoisotopic (exact) mass is 375 g/mol. The first-order valence-electron chi connectivity index (χ1n) is 8.16. The Bertz CT molecular complexity index is 846. The number of carbonyl (C=O) groups is 2. The Kier molecular flexibility index (Phi) is 5.27. The smallest absolute Gasteiger partial charge is 0.357 e. The summed E-state index contributed by atoms with van der Waals surface area (Å²) in [5, 5.41) is 13.2. The molecule has 0 aliphatic heterocycles. The van der Waals surface area contributed by atoms with E-state index in [1.54, 1.807) is 23.3 Å². The number of aromatic nitrogens is 1. The third-order valence-electron chi connectivity index (χ3n) is 3.89. The molecule has 1 amide bonds. The molecule has 1 aliphatic carbocycles. The van der Waals surface area contributed by atoms with E-state index in [0.717, 1.165) is 12.8 Å². The summed E-state index contributed by atoms with van der Waals surface area (Å²) in [7, 11) is 0. The number of carbonyl (C=O) groups excluding carboxylic acids is 2. The van der Waals surface area contributed by atoms with Crippen LogP contribution in [0, 0.1) is 10.1 Å². The fourth-order valence-electron chi connectivity index (χ4n) is 2.50. The van der Waals surface area contributed by atoms with Gasteiger partial charge >= 0.3 is 5.97 Å². The van der Waals surface area contributed by atoms with Crippen molar-refractivity contribution in [2.24, 2.45) is 0 Å². The fraction of sp³-hybridized carbons (Fsp3) is 0.353. The molecule has 136 valence electrons. The van der Waals surface area contributed by atoms with Crippen LogP contribution in [0.15, 0.2) is 29.6 Å². The Hall–Kier alpha value is -2.81. The molecule has 2 aromatic rings. The van der Waals surface area contributed by atoms with Gasteiger partial charge in [-0.3, -0.25) is 14.9 Å². The molecule has 1 saturated carbocycles. The first kappa shape index (κ1) is 18.0. The molecule has 0 bridgehead atoms. The number of hydrogen-bond donors (Lipinski definition) is 0. The molecule has 0 unspecified atom stereocenters. The van der Waals surface area contributed by atoms with Gasteiger partial charge in [-0.15, -0.1) is 11.3 Å². The van der Waals surface area contributed by atoms with Gasteiger partial charge in [0.2, 0.25) is 0 Å². The van der Waals surface area contributed by atoms with Crippen LogP contribution >= 0.6 is 11.3 Å². The van der Waals surface area contributed by atoms with Gasteiger partial charge in [-0.1, -0.05) is 6.07 Å². The van der Waals surface area contributed by atoms with Gasteiger partial charge in [0.15, 0.2) is 5.69 Å². The number of non-ortho nitro benzene ring substituents is 1. The van der Waals surface area contributed by atoms with Crippen LogP contribution in [-0.4, -0.2) is 39.3 Å². The molecular formula is C17H17N3O5S. The lowest BCUT2D eigenvalue weighted by molar-refractivity contribution is -0.384. The van der Waals surface area contributed by atoms with E-state index in [0.29, 0.717) is 5.01 Å². The quantitative estimate of drug-likeness (QED) is 0.419. The maximum atomic E-state index is 12.8. The average Bonchev–Trinajstić information content (AvgIpc) is 3.37. The van der Waals surface area contributed by atoms with Crippen molar-refractivity contribution < 1.29 is 19.2 Å². The molecule has 0 saturated heterocycles. The van der Waals surface area contributed by atoms with E-state index >= 15 is 0 Å². The molecule has 1 fully saturated rings. The topological polar surface area (TPSA) is 103 Å². The SMILES string of the molecule is CCOC(=O)c1csc(CN(C(=O)c2cccc([N+](=O)[O-])c2)C2CC2)n1. The van der Waals surface area contributed by atoms with Crippen molar-refractivity contribution in [1.29, 1.82) is 0 Å². The Labute approximate surface area is 153 Å². The van der Waals surface area contributed by atoms with E-state index in [1.807, 2.05) is 0 Å². The zero-order valence-electron chi connectivity index (χ0n) is 14.1. The largest absolute Gasteiger partial charge is 0.461 e. The highest BCUT2D eigenvalue weighted by molar-refractivity contribution is 7.09. The average molecular weight is 375 g/mol. The normalized spacial score (nSPS) is 13.3. The number of nitrogens with zero attached hydrogens (tertiary/aromatic N) is 3. The van der Waals surface area contributed by atoms with Crippen LogP contribution in [0.2, 0.25) is 0 Å². The zero-order chi connectivity index (χ0) is 18.7. The summed E-state index contributed by atoms with van der Waals surface area (Å²) in [5.74, 6) is -0.762. The summed E-state index contributed by atoms with van der Waals surface area (Å²) < 4.78 is 4.92. The van der Waals surface area contributed by atoms with Crippen molar-refractivity contribution in [2.75, 3.05) is 6.61 Å². The second-order valence-corrected chi connectivity index (χ2v) is 6.76. The number of hydrogen-bond acceptors (Lipinski definition) is 7. The fourth-order valence-corrected chi connectivity index (χ4v) is 3.26. The van der Waals surface area contributed by atoms with Crippen LogP contribution in [0.1, 0.15) is 45.6 Å². The summed E-state index contributed by atoms with van der Waals surface area (Å²) in [4.78, 5) is 40.9. The Morgan fingerprint density at radius 2 is 2.19 bits per heavy atom. The molecule has 1 heterocycles. The van der Waals surface area contributed by atoms with Crippen molar-refractivity contribution in [3.8, 4) is 0 Å². The minimum atomic E-state index is -0.523. The van der Waals surface area contributed by atoms with Gasteiger partial charge in [-0.2, -0.15) is 0 Å². The molecule has 0 radical (unpaired) electrons. The van der Waals surface area contributed by atoms with Crippen LogP contribution in [0.4, 0.5) is 5.69 Å². The van der Waals surface area contributed by atoms with Crippen molar-refractivity contribution in [3.05, 3.63) is 56.0 Å². The maximum absolute atomic E-state index is 12.8. The molecule has 1 aliphatic rings. The van der Waals surface area contributed by atoms with Gasteiger partial charge in [0.05, 0.1) is 18.1 Å². The van der Waals surface area contributed by atoms with Crippen LogP contribution in [-0.2, 0) is 11.3 Å². The van der Waals surface area contributed by atoms with Crippen LogP contribution in [0.25, 0.3) is 0 Å². The van der Waals surface area contributed by atoms with E-state index in [4.69, 9.17) is 4.74 Å². The molecular weight excluding hydrogens is 358 g/mol. The molecule has 0 spiro atoms. The Morgan fingerprint density at radius 3 is 2.85 bits per heavy atom. The number of esters is 1. The minimum Gasteiger partial charge on any atom is -0.461 e. The lowest BCUT2D eigenvalue weighted by Crippen LogP contribution is -2.32. The second kappa shape index (κ2) is 7.61. The number of rotatable bonds is 7. The number of ether oxygens (including phenoxy) is 1. The second-order valence-electron chi connectivity index (χ2n) is 5.82. The van der Waals surface area contributed by atoms with Crippen LogP contribution in [0.3, 0.4) is 0 Å². The predicted molar refractivity (Wildman–Crippen MR) is 94.1 cm³/mol. The van der Waals surface area contributed by atoms with E-state index in [1.165, 1.54) is 29.5 Å². The Morgan fingerprint density at radius 1 is 1.42 bits per heavy atom. The highest BCUT2D eigenvalue weighted by atomic mass is 32.1. The third-order valence-corrected chi connectivity index (χ3v) is 4.73. The summed E-state index contributed by atoms with van der Waals surface area (Å²) in [6.07, 6.45) is 1.77. The highest BCUT2D eigenvalue weighted by Gasteiger charge is 2.34. The van der Waals surface area contributed by atoms with Crippen LogP contribution < -0.4 is 0 Å². The molecule has 0 atom stereocenters. The lowest BCUT2D eigenvalue weighted by Gasteiger charge is -2.21. The van der Waals surface area contributed by atoms with Crippen molar-refractivity contribution in [3.63, 3.8) is 0 Å². The van der Waals surface area contributed by atoms with Gasteiger partial charge < -0.3 is 9.64 Å². The summed E-state index contributed by atoms with van der Waals surface area (Å²) in [5.41, 5.74) is 0.379.